The topological polar surface area (TPSA) is 37.4 Å². The summed E-state index contributed by atoms with van der Waals surface area (Å²) in [5.41, 5.74) is 0.816. The lowest BCUT2D eigenvalue weighted by atomic mass is 10.2. The first-order chi connectivity index (χ1) is 7.35. The lowest BCUT2D eigenvalue weighted by molar-refractivity contribution is 0.460. The highest BCUT2D eigenvalue weighted by Crippen LogP contribution is 2.18. The Morgan fingerprint density at radius 3 is 2.38 bits per heavy atom. The first-order valence-electron chi connectivity index (χ1n) is 5.04. The molecule has 0 radical (unpaired) electrons. The summed E-state index contributed by atoms with van der Waals surface area (Å²) in [6.45, 7) is 3.64. The molecule has 0 bridgehead atoms. The molecule has 1 aromatic carbocycles. The van der Waals surface area contributed by atoms with Crippen molar-refractivity contribution in [1.29, 1.82) is 0 Å². The minimum absolute atomic E-state index is 0.306. The van der Waals surface area contributed by atoms with Gasteiger partial charge in [0.25, 0.3) is 0 Å². The summed E-state index contributed by atoms with van der Waals surface area (Å²) < 4.78 is 25.0. The van der Waals surface area contributed by atoms with Crippen molar-refractivity contribution in [3.8, 4) is 0 Å². The molecule has 0 saturated heterocycles. The Hall–Kier alpha value is -0.580. The van der Waals surface area contributed by atoms with E-state index in [2.05, 4.69) is 0 Å². The third kappa shape index (κ3) is 2.97. The van der Waals surface area contributed by atoms with Crippen LogP contribution in [0.3, 0.4) is 0 Å². The van der Waals surface area contributed by atoms with E-state index in [1.807, 2.05) is 18.2 Å². The van der Waals surface area contributed by atoms with Gasteiger partial charge in [0.1, 0.15) is 0 Å². The highest BCUT2D eigenvalue weighted by atomic mass is 35.5. The minimum atomic E-state index is -3.22. The highest BCUT2D eigenvalue weighted by molar-refractivity contribution is 7.89. The summed E-state index contributed by atoms with van der Waals surface area (Å²) in [4.78, 5) is 0. The van der Waals surface area contributed by atoms with Crippen LogP contribution in [0.15, 0.2) is 24.3 Å². The first-order valence-corrected chi connectivity index (χ1v) is 6.92. The van der Waals surface area contributed by atoms with E-state index < -0.39 is 15.3 Å². The highest BCUT2D eigenvalue weighted by Gasteiger charge is 2.22. The first kappa shape index (κ1) is 13.5. The zero-order valence-corrected chi connectivity index (χ0v) is 11.2. The zero-order chi connectivity index (χ0) is 12.3. The van der Waals surface area contributed by atoms with Crippen molar-refractivity contribution in [3.05, 3.63) is 34.9 Å². The maximum atomic E-state index is 11.8. The quantitative estimate of drug-likeness (QED) is 0.835. The molecule has 0 aliphatic rings. The second-order valence-electron chi connectivity index (χ2n) is 3.94. The molecule has 0 unspecified atom stereocenters. The molecule has 0 atom stereocenters. The van der Waals surface area contributed by atoms with E-state index in [9.17, 15) is 8.42 Å². The molecule has 0 aromatic heterocycles. The van der Waals surface area contributed by atoms with Gasteiger partial charge in [-0.2, -0.15) is 0 Å². The van der Waals surface area contributed by atoms with Gasteiger partial charge in [0.05, 0.1) is 5.25 Å². The Morgan fingerprint density at radius 1 is 1.31 bits per heavy atom. The molecular formula is C11H16ClNO2S. The van der Waals surface area contributed by atoms with Crippen molar-refractivity contribution >= 4 is 21.6 Å². The van der Waals surface area contributed by atoms with E-state index >= 15 is 0 Å². The van der Waals surface area contributed by atoms with Crippen molar-refractivity contribution < 1.29 is 8.42 Å². The number of rotatable bonds is 4. The second kappa shape index (κ2) is 5.17. The number of benzene rings is 1. The summed E-state index contributed by atoms with van der Waals surface area (Å²) in [5.74, 6) is 0. The van der Waals surface area contributed by atoms with Crippen LogP contribution in [-0.2, 0) is 16.6 Å². The predicted octanol–water partition coefficient (Wildman–Crippen LogP) is 2.51. The summed E-state index contributed by atoms with van der Waals surface area (Å²) in [7, 11) is -1.65. The van der Waals surface area contributed by atoms with Crippen molar-refractivity contribution in [2.75, 3.05) is 7.05 Å². The van der Waals surface area contributed by atoms with Gasteiger partial charge in [-0.05, 0) is 25.5 Å². The molecule has 5 heteroatoms. The molecule has 0 heterocycles. The molecule has 0 saturated carbocycles. The van der Waals surface area contributed by atoms with Crippen LogP contribution in [-0.4, -0.2) is 25.0 Å². The average Bonchev–Trinajstić information content (AvgIpc) is 2.21. The molecule has 16 heavy (non-hydrogen) atoms. The smallest absolute Gasteiger partial charge is 0.212 e. The van der Waals surface area contributed by atoms with E-state index in [1.54, 1.807) is 27.0 Å². The molecule has 90 valence electrons. The van der Waals surface area contributed by atoms with Gasteiger partial charge in [-0.3, -0.25) is 0 Å². The largest absolute Gasteiger partial charge is 0.216 e. The maximum absolute atomic E-state index is 11.8. The van der Waals surface area contributed by atoms with Crippen LogP contribution in [0.1, 0.15) is 19.4 Å². The molecule has 3 nitrogen and oxygen atoms in total. The number of hydrogen-bond donors (Lipinski definition) is 0. The third-order valence-electron chi connectivity index (χ3n) is 2.38. The lowest BCUT2D eigenvalue weighted by Crippen LogP contribution is -2.32. The third-order valence-corrected chi connectivity index (χ3v) is 4.94. The van der Waals surface area contributed by atoms with Gasteiger partial charge in [0.2, 0.25) is 10.0 Å². The van der Waals surface area contributed by atoms with E-state index in [0.29, 0.717) is 11.6 Å². The van der Waals surface area contributed by atoms with Crippen molar-refractivity contribution in [3.63, 3.8) is 0 Å². The molecule has 0 spiro atoms. The predicted molar refractivity (Wildman–Crippen MR) is 67.0 cm³/mol. The fraction of sp³-hybridized carbons (Fsp3) is 0.455. The van der Waals surface area contributed by atoms with Crippen LogP contribution < -0.4 is 0 Å². The lowest BCUT2D eigenvalue weighted by Gasteiger charge is -2.20. The number of nitrogens with zero attached hydrogens (tertiary/aromatic N) is 1. The summed E-state index contributed by atoms with van der Waals surface area (Å²) in [6.07, 6.45) is 0. The fourth-order valence-corrected chi connectivity index (χ4v) is 2.55. The molecule has 1 aromatic rings. The molecule has 0 aliphatic heterocycles. The Kier molecular flexibility index (Phi) is 4.35. The van der Waals surface area contributed by atoms with Gasteiger partial charge in [-0.25, -0.2) is 12.7 Å². The van der Waals surface area contributed by atoms with Crippen LogP contribution in [0.2, 0.25) is 5.02 Å². The number of sulfonamides is 1. The van der Waals surface area contributed by atoms with Crippen LogP contribution in [0, 0.1) is 0 Å². The molecule has 0 N–H and O–H groups in total. The minimum Gasteiger partial charge on any atom is -0.212 e. The maximum Gasteiger partial charge on any atom is 0.216 e. The van der Waals surface area contributed by atoms with Crippen molar-refractivity contribution in [2.24, 2.45) is 0 Å². The normalized spacial score (nSPS) is 12.4. The Morgan fingerprint density at radius 2 is 1.88 bits per heavy atom. The SMILES string of the molecule is CC(C)S(=O)(=O)N(C)Cc1ccccc1Cl. The monoisotopic (exact) mass is 261 g/mol. The van der Waals surface area contributed by atoms with E-state index in [4.69, 9.17) is 11.6 Å². The summed E-state index contributed by atoms with van der Waals surface area (Å²) in [6, 6.07) is 7.25. The van der Waals surface area contributed by atoms with Crippen LogP contribution in [0.5, 0.6) is 0 Å². The number of hydrogen-bond acceptors (Lipinski definition) is 2. The van der Waals surface area contributed by atoms with Gasteiger partial charge in [-0.1, -0.05) is 29.8 Å². The van der Waals surface area contributed by atoms with Gasteiger partial charge in [-0.15, -0.1) is 0 Å². The molecule has 0 amide bonds. The van der Waals surface area contributed by atoms with Crippen LogP contribution in [0.4, 0.5) is 0 Å². The number of halogens is 1. The van der Waals surface area contributed by atoms with E-state index in [0.717, 1.165) is 5.56 Å². The molecule has 0 fully saturated rings. The fourth-order valence-electron chi connectivity index (χ4n) is 1.32. The average molecular weight is 262 g/mol. The Labute approximate surface area is 102 Å². The standard InChI is InChI=1S/C11H16ClNO2S/c1-9(2)16(14,15)13(3)8-10-6-4-5-7-11(10)12/h4-7,9H,8H2,1-3H3. The Balaban J connectivity index is 2.88. The molecule has 1 rings (SSSR count). The van der Waals surface area contributed by atoms with Gasteiger partial charge in [0.15, 0.2) is 0 Å². The van der Waals surface area contributed by atoms with Crippen molar-refractivity contribution in [2.45, 2.75) is 25.6 Å². The second-order valence-corrected chi connectivity index (χ2v) is 6.94. The molecular weight excluding hydrogens is 246 g/mol. The summed E-state index contributed by atoms with van der Waals surface area (Å²) >= 11 is 5.98. The van der Waals surface area contributed by atoms with Gasteiger partial charge >= 0.3 is 0 Å². The van der Waals surface area contributed by atoms with Gasteiger partial charge in [0, 0.05) is 18.6 Å². The van der Waals surface area contributed by atoms with E-state index in [-0.39, 0.29) is 0 Å². The zero-order valence-electron chi connectivity index (χ0n) is 9.64. The van der Waals surface area contributed by atoms with Crippen molar-refractivity contribution in [1.82, 2.24) is 4.31 Å². The summed E-state index contributed by atoms with van der Waals surface area (Å²) in [5, 5.41) is 0.174. The van der Waals surface area contributed by atoms with Crippen LogP contribution >= 0.6 is 11.6 Å². The van der Waals surface area contributed by atoms with Crippen LogP contribution in [0.25, 0.3) is 0 Å². The Bertz CT molecular complexity index is 457. The molecule has 0 aliphatic carbocycles. The van der Waals surface area contributed by atoms with Gasteiger partial charge < -0.3 is 0 Å². The van der Waals surface area contributed by atoms with E-state index in [1.165, 1.54) is 4.31 Å².